The molecule has 0 fully saturated rings. The summed E-state index contributed by atoms with van der Waals surface area (Å²) < 4.78 is 10.3. The van der Waals surface area contributed by atoms with Crippen LogP contribution in [-0.2, 0) is 16.1 Å². The van der Waals surface area contributed by atoms with Crippen LogP contribution in [0.4, 0.5) is 5.69 Å². The standard InChI is InChI=1S/C15H23NO3/c1-15(2,3)9-8-13(17)19-10-11-6-5-7-12(18-4)14(11)16/h5-7H,8-10,16H2,1-4H3. The zero-order valence-electron chi connectivity index (χ0n) is 12.2. The number of carbonyl (C=O) groups is 1. The number of anilines is 1. The predicted octanol–water partition coefficient (Wildman–Crippen LogP) is 3.15. The lowest BCUT2D eigenvalue weighted by atomic mass is 9.91. The molecule has 19 heavy (non-hydrogen) atoms. The Balaban J connectivity index is 2.51. The maximum absolute atomic E-state index is 11.6. The molecule has 0 spiro atoms. The summed E-state index contributed by atoms with van der Waals surface area (Å²) in [6.07, 6.45) is 1.23. The van der Waals surface area contributed by atoms with Crippen molar-refractivity contribution < 1.29 is 14.3 Å². The van der Waals surface area contributed by atoms with Crippen molar-refractivity contribution in [2.24, 2.45) is 5.41 Å². The number of esters is 1. The molecule has 4 heteroatoms. The molecule has 1 rings (SSSR count). The molecule has 1 aromatic rings. The molecule has 0 saturated heterocycles. The molecule has 0 atom stereocenters. The number of para-hydroxylation sites is 1. The van der Waals surface area contributed by atoms with Crippen molar-refractivity contribution in [3.63, 3.8) is 0 Å². The van der Waals surface area contributed by atoms with Gasteiger partial charge in [-0.25, -0.2) is 0 Å². The first-order valence-corrected chi connectivity index (χ1v) is 6.40. The third-order valence-electron chi connectivity index (χ3n) is 2.84. The van der Waals surface area contributed by atoms with Gasteiger partial charge in [-0.05, 0) is 17.9 Å². The summed E-state index contributed by atoms with van der Waals surface area (Å²) in [5, 5.41) is 0. The van der Waals surface area contributed by atoms with E-state index in [1.807, 2.05) is 12.1 Å². The fourth-order valence-electron chi connectivity index (χ4n) is 1.60. The van der Waals surface area contributed by atoms with Gasteiger partial charge in [-0.3, -0.25) is 4.79 Å². The Morgan fingerprint density at radius 3 is 2.58 bits per heavy atom. The number of hydrogen-bond acceptors (Lipinski definition) is 4. The van der Waals surface area contributed by atoms with Crippen LogP contribution in [0.5, 0.6) is 5.75 Å². The molecule has 0 aliphatic carbocycles. The van der Waals surface area contributed by atoms with Crippen molar-refractivity contribution in [2.75, 3.05) is 12.8 Å². The summed E-state index contributed by atoms with van der Waals surface area (Å²) in [4.78, 5) is 11.6. The van der Waals surface area contributed by atoms with Crippen molar-refractivity contribution in [1.29, 1.82) is 0 Å². The Hall–Kier alpha value is -1.71. The highest BCUT2D eigenvalue weighted by Gasteiger charge is 2.14. The molecule has 0 unspecified atom stereocenters. The molecule has 0 heterocycles. The first-order chi connectivity index (χ1) is 8.83. The second-order valence-electron chi connectivity index (χ2n) is 5.75. The van der Waals surface area contributed by atoms with E-state index < -0.39 is 0 Å². The van der Waals surface area contributed by atoms with Crippen LogP contribution in [0.25, 0.3) is 0 Å². The molecule has 1 aromatic carbocycles. The predicted molar refractivity (Wildman–Crippen MR) is 75.9 cm³/mol. The van der Waals surface area contributed by atoms with E-state index >= 15 is 0 Å². The van der Waals surface area contributed by atoms with Crippen LogP contribution in [-0.4, -0.2) is 13.1 Å². The smallest absolute Gasteiger partial charge is 0.306 e. The molecule has 4 nitrogen and oxygen atoms in total. The summed E-state index contributed by atoms with van der Waals surface area (Å²) in [5.41, 5.74) is 7.33. The minimum atomic E-state index is -0.197. The van der Waals surface area contributed by atoms with E-state index in [-0.39, 0.29) is 18.0 Å². The Bertz CT molecular complexity index is 436. The summed E-state index contributed by atoms with van der Waals surface area (Å²) in [5.74, 6) is 0.403. The van der Waals surface area contributed by atoms with Crippen molar-refractivity contribution >= 4 is 11.7 Å². The first-order valence-electron chi connectivity index (χ1n) is 6.40. The van der Waals surface area contributed by atoms with Crippen LogP contribution in [0, 0.1) is 5.41 Å². The van der Waals surface area contributed by atoms with Gasteiger partial charge in [0.25, 0.3) is 0 Å². The van der Waals surface area contributed by atoms with E-state index in [0.717, 1.165) is 12.0 Å². The average molecular weight is 265 g/mol. The Morgan fingerprint density at radius 1 is 1.32 bits per heavy atom. The SMILES string of the molecule is COc1cccc(COC(=O)CCC(C)(C)C)c1N. The van der Waals surface area contributed by atoms with Gasteiger partial charge in [-0.15, -0.1) is 0 Å². The van der Waals surface area contributed by atoms with Gasteiger partial charge < -0.3 is 15.2 Å². The van der Waals surface area contributed by atoms with Crippen LogP contribution in [0.2, 0.25) is 0 Å². The number of nitrogen functional groups attached to an aromatic ring is 1. The number of benzene rings is 1. The Kier molecular flexibility index (Phi) is 5.21. The van der Waals surface area contributed by atoms with Crippen LogP contribution in [0.15, 0.2) is 18.2 Å². The average Bonchev–Trinajstić information content (AvgIpc) is 2.34. The summed E-state index contributed by atoms with van der Waals surface area (Å²) in [6.45, 7) is 6.48. The highest BCUT2D eigenvalue weighted by atomic mass is 16.5. The molecule has 0 amide bonds. The lowest BCUT2D eigenvalue weighted by molar-refractivity contribution is -0.145. The van der Waals surface area contributed by atoms with E-state index in [9.17, 15) is 4.79 Å². The van der Waals surface area contributed by atoms with Gasteiger partial charge in [0.15, 0.2) is 0 Å². The Morgan fingerprint density at radius 2 is 2.00 bits per heavy atom. The topological polar surface area (TPSA) is 61.5 Å². The van der Waals surface area contributed by atoms with Crippen molar-refractivity contribution in [1.82, 2.24) is 0 Å². The fourth-order valence-corrected chi connectivity index (χ4v) is 1.60. The van der Waals surface area contributed by atoms with E-state index in [2.05, 4.69) is 20.8 Å². The minimum absolute atomic E-state index is 0.133. The van der Waals surface area contributed by atoms with Crippen LogP contribution in [0.1, 0.15) is 39.2 Å². The summed E-state index contributed by atoms with van der Waals surface area (Å²) in [7, 11) is 1.56. The van der Waals surface area contributed by atoms with Gasteiger partial charge in [0, 0.05) is 12.0 Å². The minimum Gasteiger partial charge on any atom is -0.495 e. The number of rotatable bonds is 5. The second kappa shape index (κ2) is 6.45. The van der Waals surface area contributed by atoms with Crippen molar-refractivity contribution in [3.8, 4) is 5.75 Å². The number of methoxy groups -OCH3 is 1. The fraction of sp³-hybridized carbons (Fsp3) is 0.533. The third kappa shape index (κ3) is 5.20. The maximum Gasteiger partial charge on any atom is 0.306 e. The van der Waals surface area contributed by atoms with Gasteiger partial charge in [0.2, 0.25) is 0 Å². The molecule has 0 aliphatic heterocycles. The molecule has 0 radical (unpaired) electrons. The molecule has 0 aliphatic rings. The summed E-state index contributed by atoms with van der Waals surface area (Å²) >= 11 is 0. The Labute approximate surface area is 114 Å². The highest BCUT2D eigenvalue weighted by Crippen LogP contribution is 2.25. The van der Waals surface area contributed by atoms with Gasteiger partial charge in [-0.2, -0.15) is 0 Å². The zero-order chi connectivity index (χ0) is 14.5. The molecule has 0 bridgehead atoms. The highest BCUT2D eigenvalue weighted by molar-refractivity contribution is 5.69. The molecule has 0 aromatic heterocycles. The van der Waals surface area contributed by atoms with Gasteiger partial charge in [-0.1, -0.05) is 32.9 Å². The second-order valence-corrected chi connectivity index (χ2v) is 5.75. The lowest BCUT2D eigenvalue weighted by Crippen LogP contribution is -2.11. The lowest BCUT2D eigenvalue weighted by Gasteiger charge is -2.17. The quantitative estimate of drug-likeness (QED) is 0.656. The van der Waals surface area contributed by atoms with Crippen LogP contribution in [0.3, 0.4) is 0 Å². The van der Waals surface area contributed by atoms with Gasteiger partial charge in [0.1, 0.15) is 12.4 Å². The molecule has 106 valence electrons. The number of hydrogen-bond donors (Lipinski definition) is 1. The van der Waals surface area contributed by atoms with E-state index in [1.165, 1.54) is 0 Å². The molecule has 2 N–H and O–H groups in total. The molecular formula is C15H23NO3. The van der Waals surface area contributed by atoms with Crippen molar-refractivity contribution in [2.45, 2.75) is 40.2 Å². The van der Waals surface area contributed by atoms with Crippen molar-refractivity contribution in [3.05, 3.63) is 23.8 Å². The van der Waals surface area contributed by atoms with E-state index in [0.29, 0.717) is 17.9 Å². The molecule has 0 saturated carbocycles. The van der Waals surface area contributed by atoms with Crippen LogP contribution >= 0.6 is 0 Å². The first kappa shape index (κ1) is 15.3. The number of ether oxygens (including phenoxy) is 2. The monoisotopic (exact) mass is 265 g/mol. The summed E-state index contributed by atoms with van der Waals surface area (Å²) in [6, 6.07) is 5.43. The van der Waals surface area contributed by atoms with Gasteiger partial charge >= 0.3 is 5.97 Å². The number of carbonyl (C=O) groups excluding carboxylic acids is 1. The number of nitrogens with two attached hydrogens (primary N) is 1. The molecular weight excluding hydrogens is 242 g/mol. The van der Waals surface area contributed by atoms with E-state index in [4.69, 9.17) is 15.2 Å². The largest absolute Gasteiger partial charge is 0.495 e. The maximum atomic E-state index is 11.6. The van der Waals surface area contributed by atoms with E-state index in [1.54, 1.807) is 13.2 Å². The third-order valence-corrected chi connectivity index (χ3v) is 2.84. The van der Waals surface area contributed by atoms with Crippen LogP contribution < -0.4 is 10.5 Å². The van der Waals surface area contributed by atoms with Gasteiger partial charge in [0.05, 0.1) is 12.8 Å². The zero-order valence-corrected chi connectivity index (χ0v) is 12.2. The normalized spacial score (nSPS) is 11.2.